The van der Waals surface area contributed by atoms with E-state index >= 15 is 0 Å². The van der Waals surface area contributed by atoms with Crippen molar-refractivity contribution in [1.29, 1.82) is 0 Å². The van der Waals surface area contributed by atoms with Gasteiger partial charge in [0.15, 0.2) is 0 Å². The molecule has 0 heterocycles. The van der Waals surface area contributed by atoms with Gasteiger partial charge in [0.05, 0.1) is 0 Å². The molecule has 27 heavy (non-hydrogen) atoms. The molecule has 0 amide bonds. The molecule has 0 saturated heterocycles. The van der Waals surface area contributed by atoms with Gasteiger partial charge in [0.2, 0.25) is 0 Å². The summed E-state index contributed by atoms with van der Waals surface area (Å²) in [7, 11) is 0. The SMILES string of the molecule is CCCCc1ccc(C(CCCC)CCCC)c(CCCC)c1CCCC. The summed E-state index contributed by atoms with van der Waals surface area (Å²) in [5, 5.41) is 0. The molecule has 0 spiro atoms. The molecule has 1 aromatic carbocycles. The molecule has 0 atom stereocenters. The Balaban J connectivity index is 3.31. The number of aryl methyl sites for hydroxylation is 1. The first-order valence-electron chi connectivity index (χ1n) is 12.4. The minimum Gasteiger partial charge on any atom is -0.0654 e. The fourth-order valence-corrected chi connectivity index (χ4v) is 4.41. The Bertz CT molecular complexity index is 477. The molecular formula is C27H48. The molecule has 0 N–H and O–H groups in total. The van der Waals surface area contributed by atoms with Crippen molar-refractivity contribution in [3.63, 3.8) is 0 Å². The van der Waals surface area contributed by atoms with E-state index in [1.54, 1.807) is 22.3 Å². The maximum Gasteiger partial charge on any atom is -0.0159 e. The Kier molecular flexibility index (Phi) is 13.6. The van der Waals surface area contributed by atoms with Crippen LogP contribution in [-0.4, -0.2) is 0 Å². The first-order chi connectivity index (χ1) is 13.2. The van der Waals surface area contributed by atoms with Crippen molar-refractivity contribution in [2.45, 2.75) is 137 Å². The van der Waals surface area contributed by atoms with E-state index < -0.39 is 0 Å². The number of hydrogen-bond acceptors (Lipinski definition) is 0. The van der Waals surface area contributed by atoms with E-state index in [1.807, 2.05) is 0 Å². The highest BCUT2D eigenvalue weighted by molar-refractivity contribution is 5.43. The van der Waals surface area contributed by atoms with E-state index in [9.17, 15) is 0 Å². The smallest absolute Gasteiger partial charge is 0.0159 e. The van der Waals surface area contributed by atoms with Crippen molar-refractivity contribution in [3.8, 4) is 0 Å². The minimum absolute atomic E-state index is 0.789. The molecule has 0 saturated carbocycles. The lowest BCUT2D eigenvalue weighted by atomic mass is 9.80. The number of unbranched alkanes of at least 4 members (excludes halogenated alkanes) is 5. The van der Waals surface area contributed by atoms with Crippen LogP contribution < -0.4 is 0 Å². The van der Waals surface area contributed by atoms with E-state index in [-0.39, 0.29) is 0 Å². The zero-order valence-electron chi connectivity index (χ0n) is 19.3. The Labute approximate surface area is 171 Å². The summed E-state index contributed by atoms with van der Waals surface area (Å²) in [4.78, 5) is 0. The Morgan fingerprint density at radius 1 is 0.556 bits per heavy atom. The monoisotopic (exact) mass is 372 g/mol. The van der Waals surface area contributed by atoms with Crippen LogP contribution in [0.5, 0.6) is 0 Å². The van der Waals surface area contributed by atoms with Crippen molar-refractivity contribution in [1.82, 2.24) is 0 Å². The lowest BCUT2D eigenvalue weighted by molar-refractivity contribution is 0.519. The van der Waals surface area contributed by atoms with Gasteiger partial charge in [-0.2, -0.15) is 0 Å². The van der Waals surface area contributed by atoms with Gasteiger partial charge < -0.3 is 0 Å². The number of benzene rings is 1. The Morgan fingerprint density at radius 2 is 1.04 bits per heavy atom. The second-order valence-corrected chi connectivity index (χ2v) is 8.56. The van der Waals surface area contributed by atoms with Gasteiger partial charge >= 0.3 is 0 Å². The molecule has 0 heteroatoms. The van der Waals surface area contributed by atoms with Crippen LogP contribution in [0.1, 0.15) is 140 Å². The van der Waals surface area contributed by atoms with Crippen LogP contribution >= 0.6 is 0 Å². The van der Waals surface area contributed by atoms with Crippen molar-refractivity contribution in [2.24, 2.45) is 0 Å². The highest BCUT2D eigenvalue weighted by Crippen LogP contribution is 2.35. The standard InChI is InChI=1S/C27H48/c1-6-11-16-23(17-12-7-2)26-22-21-24(18-13-8-3)25(19-14-9-4)27(26)20-15-10-5/h21-23H,6-20H2,1-5H3. The molecule has 0 unspecified atom stereocenters. The minimum atomic E-state index is 0.789. The second-order valence-electron chi connectivity index (χ2n) is 8.56. The van der Waals surface area contributed by atoms with Crippen LogP contribution in [0, 0.1) is 0 Å². The summed E-state index contributed by atoms with van der Waals surface area (Å²) >= 11 is 0. The molecular weight excluding hydrogens is 324 g/mol. The molecule has 0 radical (unpaired) electrons. The average Bonchev–Trinajstić information content (AvgIpc) is 2.69. The highest BCUT2D eigenvalue weighted by atomic mass is 14.2. The van der Waals surface area contributed by atoms with Crippen LogP contribution in [0.15, 0.2) is 12.1 Å². The first-order valence-corrected chi connectivity index (χ1v) is 12.4. The normalized spacial score (nSPS) is 11.5. The van der Waals surface area contributed by atoms with Gasteiger partial charge in [0.25, 0.3) is 0 Å². The van der Waals surface area contributed by atoms with Crippen molar-refractivity contribution in [3.05, 3.63) is 34.4 Å². The van der Waals surface area contributed by atoms with Crippen LogP contribution in [-0.2, 0) is 19.3 Å². The number of hydrogen-bond donors (Lipinski definition) is 0. The van der Waals surface area contributed by atoms with Crippen molar-refractivity contribution in [2.75, 3.05) is 0 Å². The van der Waals surface area contributed by atoms with Gasteiger partial charge in [-0.15, -0.1) is 0 Å². The van der Waals surface area contributed by atoms with E-state index in [2.05, 4.69) is 46.8 Å². The molecule has 0 bridgehead atoms. The molecule has 0 nitrogen and oxygen atoms in total. The van der Waals surface area contributed by atoms with Crippen molar-refractivity contribution < 1.29 is 0 Å². The summed E-state index contributed by atoms with van der Waals surface area (Å²) in [6.07, 6.45) is 20.0. The maximum atomic E-state index is 2.56. The topological polar surface area (TPSA) is 0 Å². The van der Waals surface area contributed by atoms with Crippen molar-refractivity contribution >= 4 is 0 Å². The van der Waals surface area contributed by atoms with Gasteiger partial charge in [-0.05, 0) is 79.5 Å². The molecule has 156 valence electrons. The van der Waals surface area contributed by atoms with Gasteiger partial charge in [0, 0.05) is 0 Å². The van der Waals surface area contributed by atoms with Crippen LogP contribution in [0.3, 0.4) is 0 Å². The summed E-state index contributed by atoms with van der Waals surface area (Å²) < 4.78 is 0. The zero-order valence-corrected chi connectivity index (χ0v) is 19.3. The molecule has 0 aromatic heterocycles. The largest absolute Gasteiger partial charge is 0.0654 e. The van der Waals surface area contributed by atoms with Gasteiger partial charge in [-0.25, -0.2) is 0 Å². The fraction of sp³-hybridized carbons (Fsp3) is 0.778. The Hall–Kier alpha value is -0.780. The summed E-state index contributed by atoms with van der Waals surface area (Å²) in [6.45, 7) is 11.7. The third-order valence-corrected chi connectivity index (χ3v) is 6.18. The zero-order chi connectivity index (χ0) is 19.9. The molecule has 0 aliphatic heterocycles. The lowest BCUT2D eigenvalue weighted by Gasteiger charge is -2.25. The van der Waals surface area contributed by atoms with Crippen LogP contribution in [0.2, 0.25) is 0 Å². The first kappa shape index (κ1) is 24.3. The predicted molar refractivity (Wildman–Crippen MR) is 124 cm³/mol. The Morgan fingerprint density at radius 3 is 1.56 bits per heavy atom. The summed E-state index contributed by atoms with van der Waals surface area (Å²) in [6, 6.07) is 5.08. The average molecular weight is 373 g/mol. The summed E-state index contributed by atoms with van der Waals surface area (Å²) in [5.74, 6) is 0.789. The van der Waals surface area contributed by atoms with E-state index in [4.69, 9.17) is 0 Å². The lowest BCUT2D eigenvalue weighted by Crippen LogP contribution is -2.10. The van der Waals surface area contributed by atoms with Crippen LogP contribution in [0.25, 0.3) is 0 Å². The third kappa shape index (κ3) is 8.41. The summed E-state index contributed by atoms with van der Waals surface area (Å²) in [5.41, 5.74) is 6.94. The molecule has 0 aliphatic carbocycles. The second kappa shape index (κ2) is 15.2. The van der Waals surface area contributed by atoms with Gasteiger partial charge in [-0.3, -0.25) is 0 Å². The maximum absolute atomic E-state index is 2.56. The molecule has 1 rings (SSSR count). The van der Waals surface area contributed by atoms with E-state index in [0.29, 0.717) is 0 Å². The predicted octanol–water partition coefficient (Wildman–Crippen LogP) is 9.18. The van der Waals surface area contributed by atoms with E-state index in [1.165, 1.54) is 96.3 Å². The molecule has 0 fully saturated rings. The third-order valence-electron chi connectivity index (χ3n) is 6.18. The number of rotatable bonds is 16. The fourth-order valence-electron chi connectivity index (χ4n) is 4.41. The molecule has 1 aromatic rings. The van der Waals surface area contributed by atoms with E-state index in [0.717, 1.165) is 5.92 Å². The van der Waals surface area contributed by atoms with Crippen LogP contribution in [0.4, 0.5) is 0 Å². The van der Waals surface area contributed by atoms with Gasteiger partial charge in [-0.1, -0.05) is 91.7 Å². The molecule has 0 aliphatic rings. The quantitative estimate of drug-likeness (QED) is 0.271. The highest BCUT2D eigenvalue weighted by Gasteiger charge is 2.19. The van der Waals surface area contributed by atoms with Gasteiger partial charge in [0.1, 0.15) is 0 Å².